The molecule has 2 nitrogen and oxygen atoms in total. The number of rotatable bonds is 2. The van der Waals surface area contributed by atoms with Gasteiger partial charge in [0.05, 0.1) is 11.4 Å². The van der Waals surface area contributed by atoms with Gasteiger partial charge in [-0.2, -0.15) is 12.6 Å². The SMILES string of the molecule is Cc1ccc(-c2ccnc(CS)n2)cc1. The predicted octanol–water partition coefficient (Wildman–Crippen LogP) is 2.88. The maximum absolute atomic E-state index is 4.40. The Morgan fingerprint density at radius 3 is 2.53 bits per heavy atom. The van der Waals surface area contributed by atoms with Gasteiger partial charge in [-0.1, -0.05) is 29.8 Å². The van der Waals surface area contributed by atoms with Gasteiger partial charge >= 0.3 is 0 Å². The molecule has 0 bridgehead atoms. The molecule has 0 saturated heterocycles. The van der Waals surface area contributed by atoms with E-state index in [-0.39, 0.29) is 0 Å². The van der Waals surface area contributed by atoms with Crippen molar-refractivity contribution >= 4 is 12.6 Å². The maximum Gasteiger partial charge on any atom is 0.138 e. The Balaban J connectivity index is 2.40. The molecule has 0 radical (unpaired) electrons. The quantitative estimate of drug-likeness (QED) is 0.781. The molecule has 0 spiro atoms. The van der Waals surface area contributed by atoms with Crippen molar-refractivity contribution < 1.29 is 0 Å². The molecule has 2 aromatic rings. The van der Waals surface area contributed by atoms with Crippen LogP contribution in [0.2, 0.25) is 0 Å². The first-order chi connectivity index (χ1) is 7.29. The molecule has 0 aliphatic carbocycles. The monoisotopic (exact) mass is 216 g/mol. The average Bonchev–Trinajstić information content (AvgIpc) is 2.30. The smallest absolute Gasteiger partial charge is 0.138 e. The summed E-state index contributed by atoms with van der Waals surface area (Å²) in [6, 6.07) is 10.2. The highest BCUT2D eigenvalue weighted by Crippen LogP contribution is 2.17. The first-order valence-corrected chi connectivity index (χ1v) is 5.42. The molecule has 0 fully saturated rings. The largest absolute Gasteiger partial charge is 0.240 e. The van der Waals surface area contributed by atoms with E-state index in [2.05, 4.69) is 53.8 Å². The zero-order valence-corrected chi connectivity index (χ0v) is 9.41. The summed E-state index contributed by atoms with van der Waals surface area (Å²) in [5.41, 5.74) is 3.32. The molecule has 1 aromatic carbocycles. The van der Waals surface area contributed by atoms with Gasteiger partial charge in [0, 0.05) is 11.8 Å². The molecule has 0 N–H and O–H groups in total. The van der Waals surface area contributed by atoms with Gasteiger partial charge in [-0.05, 0) is 13.0 Å². The van der Waals surface area contributed by atoms with Crippen molar-refractivity contribution in [2.24, 2.45) is 0 Å². The van der Waals surface area contributed by atoms with Crippen molar-refractivity contribution in [2.75, 3.05) is 0 Å². The van der Waals surface area contributed by atoms with Crippen LogP contribution in [0.25, 0.3) is 11.3 Å². The zero-order valence-electron chi connectivity index (χ0n) is 8.51. The summed E-state index contributed by atoms with van der Waals surface area (Å²) in [4.78, 5) is 8.52. The third-order valence-electron chi connectivity index (χ3n) is 2.19. The van der Waals surface area contributed by atoms with Crippen LogP contribution in [-0.2, 0) is 5.75 Å². The molecule has 0 atom stereocenters. The molecular formula is C12H12N2S. The number of thiol groups is 1. The molecule has 0 amide bonds. The van der Waals surface area contributed by atoms with Crippen LogP contribution in [0.15, 0.2) is 36.5 Å². The van der Waals surface area contributed by atoms with Crippen LogP contribution in [-0.4, -0.2) is 9.97 Å². The molecule has 3 heteroatoms. The number of aryl methyl sites for hydroxylation is 1. The topological polar surface area (TPSA) is 25.8 Å². The molecule has 0 saturated carbocycles. The second-order valence-corrected chi connectivity index (χ2v) is 3.70. The minimum atomic E-state index is 0.569. The van der Waals surface area contributed by atoms with E-state index in [1.807, 2.05) is 6.07 Å². The van der Waals surface area contributed by atoms with Gasteiger partial charge in [0.15, 0.2) is 0 Å². The Bertz CT molecular complexity index is 451. The van der Waals surface area contributed by atoms with E-state index in [1.54, 1.807) is 6.20 Å². The standard InChI is InChI=1S/C12H12N2S/c1-9-2-4-10(5-3-9)11-6-7-13-12(8-15)14-11/h2-7,15H,8H2,1H3. The molecular weight excluding hydrogens is 204 g/mol. The minimum Gasteiger partial charge on any atom is -0.240 e. The van der Waals surface area contributed by atoms with Gasteiger partial charge in [-0.15, -0.1) is 0 Å². The molecule has 1 aromatic heterocycles. The fourth-order valence-electron chi connectivity index (χ4n) is 1.36. The fourth-order valence-corrected chi connectivity index (χ4v) is 1.51. The van der Waals surface area contributed by atoms with Crippen LogP contribution in [0.3, 0.4) is 0 Å². The Hall–Kier alpha value is -1.35. The van der Waals surface area contributed by atoms with E-state index in [0.29, 0.717) is 5.75 Å². The molecule has 1 heterocycles. The van der Waals surface area contributed by atoms with Crippen LogP contribution in [0, 0.1) is 6.92 Å². The lowest BCUT2D eigenvalue weighted by Crippen LogP contribution is -1.92. The highest BCUT2D eigenvalue weighted by atomic mass is 32.1. The fraction of sp³-hybridized carbons (Fsp3) is 0.167. The Morgan fingerprint density at radius 1 is 1.13 bits per heavy atom. The lowest BCUT2D eigenvalue weighted by atomic mass is 10.1. The number of hydrogen-bond donors (Lipinski definition) is 1. The van der Waals surface area contributed by atoms with Gasteiger partial charge in [0.25, 0.3) is 0 Å². The first-order valence-electron chi connectivity index (χ1n) is 4.79. The number of benzene rings is 1. The molecule has 0 unspecified atom stereocenters. The van der Waals surface area contributed by atoms with Gasteiger partial charge in [0.2, 0.25) is 0 Å². The highest BCUT2D eigenvalue weighted by molar-refractivity contribution is 7.79. The minimum absolute atomic E-state index is 0.569. The van der Waals surface area contributed by atoms with Crippen LogP contribution in [0.1, 0.15) is 11.4 Å². The summed E-state index contributed by atoms with van der Waals surface area (Å²) in [7, 11) is 0. The third kappa shape index (κ3) is 2.36. The van der Waals surface area contributed by atoms with E-state index in [1.165, 1.54) is 5.56 Å². The van der Waals surface area contributed by atoms with Gasteiger partial charge in [-0.3, -0.25) is 0 Å². The zero-order chi connectivity index (χ0) is 10.7. The number of aromatic nitrogens is 2. The van der Waals surface area contributed by atoms with Crippen molar-refractivity contribution in [1.29, 1.82) is 0 Å². The number of hydrogen-bond acceptors (Lipinski definition) is 3. The summed E-state index contributed by atoms with van der Waals surface area (Å²) < 4.78 is 0. The lowest BCUT2D eigenvalue weighted by molar-refractivity contribution is 1.04. The summed E-state index contributed by atoms with van der Waals surface area (Å²) >= 11 is 4.16. The Kier molecular flexibility index (Phi) is 3.02. The van der Waals surface area contributed by atoms with Crippen LogP contribution in [0.5, 0.6) is 0 Å². The first kappa shape index (κ1) is 10.2. The number of nitrogens with zero attached hydrogens (tertiary/aromatic N) is 2. The molecule has 0 aliphatic heterocycles. The average molecular weight is 216 g/mol. The highest BCUT2D eigenvalue weighted by Gasteiger charge is 2.00. The third-order valence-corrected chi connectivity index (χ3v) is 2.48. The van der Waals surface area contributed by atoms with Gasteiger partial charge in [0.1, 0.15) is 5.82 Å². The van der Waals surface area contributed by atoms with Crippen molar-refractivity contribution in [3.8, 4) is 11.3 Å². The maximum atomic E-state index is 4.40. The second kappa shape index (κ2) is 4.45. The molecule has 15 heavy (non-hydrogen) atoms. The Labute approximate surface area is 94.8 Å². The Morgan fingerprint density at radius 2 is 1.87 bits per heavy atom. The van der Waals surface area contributed by atoms with E-state index in [9.17, 15) is 0 Å². The van der Waals surface area contributed by atoms with Crippen LogP contribution in [0.4, 0.5) is 0 Å². The normalized spacial score (nSPS) is 10.3. The predicted molar refractivity (Wildman–Crippen MR) is 64.9 cm³/mol. The van der Waals surface area contributed by atoms with E-state index in [4.69, 9.17) is 0 Å². The van der Waals surface area contributed by atoms with E-state index in [0.717, 1.165) is 17.1 Å². The summed E-state index contributed by atoms with van der Waals surface area (Å²) in [5, 5.41) is 0. The van der Waals surface area contributed by atoms with Gasteiger partial charge in [-0.25, -0.2) is 9.97 Å². The summed E-state index contributed by atoms with van der Waals surface area (Å²) in [6.45, 7) is 2.07. The molecule has 2 rings (SSSR count). The summed E-state index contributed by atoms with van der Waals surface area (Å²) in [6.07, 6.45) is 1.77. The van der Waals surface area contributed by atoms with Crippen LogP contribution >= 0.6 is 12.6 Å². The lowest BCUT2D eigenvalue weighted by Gasteiger charge is -2.02. The van der Waals surface area contributed by atoms with Crippen molar-refractivity contribution in [1.82, 2.24) is 9.97 Å². The van der Waals surface area contributed by atoms with Gasteiger partial charge < -0.3 is 0 Å². The van der Waals surface area contributed by atoms with Crippen LogP contribution < -0.4 is 0 Å². The second-order valence-electron chi connectivity index (χ2n) is 3.38. The molecule has 76 valence electrons. The van der Waals surface area contributed by atoms with Crippen molar-refractivity contribution in [3.05, 3.63) is 47.9 Å². The van der Waals surface area contributed by atoms with Crippen molar-refractivity contribution in [3.63, 3.8) is 0 Å². The van der Waals surface area contributed by atoms with E-state index >= 15 is 0 Å². The van der Waals surface area contributed by atoms with Crippen molar-refractivity contribution in [2.45, 2.75) is 12.7 Å². The van der Waals surface area contributed by atoms with E-state index < -0.39 is 0 Å². The summed E-state index contributed by atoms with van der Waals surface area (Å²) in [5.74, 6) is 1.33. The molecule has 0 aliphatic rings.